The summed E-state index contributed by atoms with van der Waals surface area (Å²) in [6, 6.07) is 20.1. The van der Waals surface area contributed by atoms with Gasteiger partial charge in [0.25, 0.3) is 0 Å². The molecule has 1 heterocycles. The van der Waals surface area contributed by atoms with Crippen molar-refractivity contribution in [1.29, 1.82) is 0 Å². The van der Waals surface area contributed by atoms with Crippen LogP contribution in [0.5, 0.6) is 0 Å². The van der Waals surface area contributed by atoms with Gasteiger partial charge in [0, 0.05) is 12.3 Å². The van der Waals surface area contributed by atoms with Crippen LogP contribution in [0, 0.1) is 5.92 Å². The van der Waals surface area contributed by atoms with Gasteiger partial charge in [0.05, 0.1) is 5.71 Å². The molecular formula is C17H16N2O. The van der Waals surface area contributed by atoms with E-state index in [4.69, 9.17) is 0 Å². The van der Waals surface area contributed by atoms with Crippen molar-refractivity contribution < 1.29 is 4.79 Å². The smallest absolute Gasteiger partial charge is 0.243 e. The lowest BCUT2D eigenvalue weighted by Gasteiger charge is -2.21. The summed E-state index contributed by atoms with van der Waals surface area (Å²) < 4.78 is 0. The van der Waals surface area contributed by atoms with Gasteiger partial charge >= 0.3 is 0 Å². The predicted octanol–water partition coefficient (Wildman–Crippen LogP) is 2.77. The topological polar surface area (TPSA) is 41.5 Å². The molecule has 3 heteroatoms. The van der Waals surface area contributed by atoms with E-state index in [2.05, 4.69) is 22.7 Å². The fourth-order valence-corrected chi connectivity index (χ4v) is 2.46. The molecule has 0 fully saturated rings. The number of carbonyl (C=O) groups is 1. The summed E-state index contributed by atoms with van der Waals surface area (Å²) >= 11 is 0. The number of benzene rings is 2. The van der Waals surface area contributed by atoms with Crippen molar-refractivity contribution in [2.45, 2.75) is 12.8 Å². The molecule has 20 heavy (non-hydrogen) atoms. The highest BCUT2D eigenvalue weighted by atomic mass is 16.2. The van der Waals surface area contributed by atoms with Crippen LogP contribution in [0.25, 0.3) is 0 Å². The Balaban J connectivity index is 1.77. The van der Waals surface area contributed by atoms with Crippen LogP contribution in [0.1, 0.15) is 17.5 Å². The highest BCUT2D eigenvalue weighted by molar-refractivity contribution is 6.04. The number of nitrogens with one attached hydrogen (secondary N) is 1. The molecule has 0 radical (unpaired) electrons. The lowest BCUT2D eigenvalue weighted by Crippen LogP contribution is -2.36. The van der Waals surface area contributed by atoms with Crippen molar-refractivity contribution in [2.24, 2.45) is 11.0 Å². The SMILES string of the molecule is O=C1NN=C(c2ccccc2)C[C@H]1Cc1ccccc1. The summed E-state index contributed by atoms with van der Waals surface area (Å²) in [5, 5.41) is 4.19. The van der Waals surface area contributed by atoms with E-state index < -0.39 is 0 Å². The number of hydrogen-bond donors (Lipinski definition) is 1. The van der Waals surface area contributed by atoms with Crippen LogP contribution >= 0.6 is 0 Å². The second-order valence-electron chi connectivity index (χ2n) is 4.99. The van der Waals surface area contributed by atoms with Crippen LogP contribution in [-0.2, 0) is 11.2 Å². The summed E-state index contributed by atoms with van der Waals surface area (Å²) in [6.07, 6.45) is 1.43. The Morgan fingerprint density at radius 2 is 1.65 bits per heavy atom. The van der Waals surface area contributed by atoms with E-state index in [-0.39, 0.29) is 11.8 Å². The molecule has 1 amide bonds. The molecule has 1 atom stereocenters. The van der Waals surface area contributed by atoms with Gasteiger partial charge in [-0.3, -0.25) is 4.79 Å². The quantitative estimate of drug-likeness (QED) is 0.910. The number of amides is 1. The largest absolute Gasteiger partial charge is 0.273 e. The minimum absolute atomic E-state index is 0.00790. The maximum atomic E-state index is 12.0. The third-order valence-electron chi connectivity index (χ3n) is 3.54. The van der Waals surface area contributed by atoms with E-state index in [1.807, 2.05) is 48.5 Å². The highest BCUT2D eigenvalue weighted by Crippen LogP contribution is 2.19. The van der Waals surface area contributed by atoms with Crippen LogP contribution in [0.4, 0.5) is 0 Å². The number of rotatable bonds is 3. The summed E-state index contributed by atoms with van der Waals surface area (Å²) in [4.78, 5) is 12.0. The molecule has 100 valence electrons. The number of hydrazone groups is 1. The Bertz CT molecular complexity index is 620. The third-order valence-corrected chi connectivity index (χ3v) is 3.54. The Morgan fingerprint density at radius 1 is 1.00 bits per heavy atom. The van der Waals surface area contributed by atoms with Gasteiger partial charge in [0.15, 0.2) is 0 Å². The number of carbonyl (C=O) groups excluding carboxylic acids is 1. The average Bonchev–Trinajstić information content (AvgIpc) is 2.51. The number of nitrogens with zero attached hydrogens (tertiary/aromatic N) is 1. The van der Waals surface area contributed by atoms with E-state index in [0.717, 1.165) is 17.7 Å². The fourth-order valence-electron chi connectivity index (χ4n) is 2.46. The maximum absolute atomic E-state index is 12.0. The van der Waals surface area contributed by atoms with Crippen molar-refractivity contribution in [3.05, 3.63) is 71.8 Å². The van der Waals surface area contributed by atoms with Crippen molar-refractivity contribution in [2.75, 3.05) is 0 Å². The lowest BCUT2D eigenvalue weighted by atomic mass is 9.90. The monoisotopic (exact) mass is 264 g/mol. The highest BCUT2D eigenvalue weighted by Gasteiger charge is 2.25. The van der Waals surface area contributed by atoms with Gasteiger partial charge in [-0.2, -0.15) is 5.10 Å². The first-order valence-corrected chi connectivity index (χ1v) is 6.78. The molecule has 0 aliphatic carbocycles. The van der Waals surface area contributed by atoms with Crippen LogP contribution < -0.4 is 5.43 Å². The van der Waals surface area contributed by atoms with Gasteiger partial charge in [0.2, 0.25) is 5.91 Å². The van der Waals surface area contributed by atoms with Crippen molar-refractivity contribution in [1.82, 2.24) is 5.43 Å². The third kappa shape index (κ3) is 2.77. The molecule has 1 aliphatic heterocycles. The molecule has 0 bridgehead atoms. The van der Waals surface area contributed by atoms with E-state index in [9.17, 15) is 4.79 Å². The molecule has 2 aromatic rings. The number of hydrogen-bond acceptors (Lipinski definition) is 2. The van der Waals surface area contributed by atoms with Gasteiger partial charge in [0.1, 0.15) is 0 Å². The average molecular weight is 264 g/mol. The fraction of sp³-hybridized carbons (Fsp3) is 0.176. The lowest BCUT2D eigenvalue weighted by molar-refractivity contribution is -0.125. The van der Waals surface area contributed by atoms with E-state index in [1.165, 1.54) is 5.56 Å². The second kappa shape index (κ2) is 5.70. The Morgan fingerprint density at radius 3 is 2.35 bits per heavy atom. The van der Waals surface area contributed by atoms with E-state index >= 15 is 0 Å². The Labute approximate surface area is 118 Å². The first kappa shape index (κ1) is 12.6. The van der Waals surface area contributed by atoms with Gasteiger partial charge in [-0.1, -0.05) is 60.7 Å². The Kier molecular flexibility index (Phi) is 3.59. The van der Waals surface area contributed by atoms with Crippen LogP contribution in [0.2, 0.25) is 0 Å². The molecular weight excluding hydrogens is 248 g/mol. The molecule has 1 N–H and O–H groups in total. The summed E-state index contributed by atoms with van der Waals surface area (Å²) in [6.45, 7) is 0. The van der Waals surface area contributed by atoms with Gasteiger partial charge in [-0.05, 0) is 17.5 Å². The van der Waals surface area contributed by atoms with Crippen LogP contribution in [0.15, 0.2) is 65.8 Å². The standard InChI is InChI=1S/C17H16N2O/c20-17-15(11-13-7-3-1-4-8-13)12-16(18-19-17)14-9-5-2-6-10-14/h1-10,15H,11-12H2,(H,19,20)/t15-/m1/s1. The first-order chi connectivity index (χ1) is 9.83. The van der Waals surface area contributed by atoms with Crippen molar-refractivity contribution in [3.63, 3.8) is 0 Å². The zero-order chi connectivity index (χ0) is 13.8. The molecule has 0 spiro atoms. The van der Waals surface area contributed by atoms with Gasteiger partial charge < -0.3 is 0 Å². The molecule has 2 aromatic carbocycles. The predicted molar refractivity (Wildman–Crippen MR) is 79.4 cm³/mol. The first-order valence-electron chi connectivity index (χ1n) is 6.78. The normalized spacial score (nSPS) is 18.3. The molecule has 1 aliphatic rings. The van der Waals surface area contributed by atoms with Gasteiger partial charge in [-0.15, -0.1) is 0 Å². The zero-order valence-electron chi connectivity index (χ0n) is 11.1. The van der Waals surface area contributed by atoms with Crippen molar-refractivity contribution >= 4 is 11.6 Å². The molecule has 0 aromatic heterocycles. The minimum Gasteiger partial charge on any atom is -0.273 e. The van der Waals surface area contributed by atoms with Crippen molar-refractivity contribution in [3.8, 4) is 0 Å². The molecule has 3 nitrogen and oxygen atoms in total. The molecule has 0 saturated heterocycles. The molecule has 0 unspecified atom stereocenters. The maximum Gasteiger partial charge on any atom is 0.243 e. The summed E-state index contributed by atoms with van der Waals surface area (Å²) in [5.74, 6) is -0.0429. The summed E-state index contributed by atoms with van der Waals surface area (Å²) in [5.41, 5.74) is 5.86. The van der Waals surface area contributed by atoms with Gasteiger partial charge in [-0.25, -0.2) is 5.43 Å². The minimum atomic E-state index is -0.0508. The molecule has 3 rings (SSSR count). The van der Waals surface area contributed by atoms with Crippen LogP contribution in [-0.4, -0.2) is 11.6 Å². The van der Waals surface area contributed by atoms with E-state index in [1.54, 1.807) is 0 Å². The van der Waals surface area contributed by atoms with Crippen LogP contribution in [0.3, 0.4) is 0 Å². The summed E-state index contributed by atoms with van der Waals surface area (Å²) in [7, 11) is 0. The Hall–Kier alpha value is -2.42. The zero-order valence-corrected chi connectivity index (χ0v) is 11.1. The van der Waals surface area contributed by atoms with E-state index in [0.29, 0.717) is 6.42 Å². The second-order valence-corrected chi connectivity index (χ2v) is 4.99. The molecule has 0 saturated carbocycles.